The van der Waals surface area contributed by atoms with Crippen molar-refractivity contribution in [1.29, 1.82) is 0 Å². The second-order valence-corrected chi connectivity index (χ2v) is 5.56. The predicted octanol–water partition coefficient (Wildman–Crippen LogP) is 1.87. The molecule has 0 radical (unpaired) electrons. The van der Waals surface area contributed by atoms with E-state index in [-0.39, 0.29) is 0 Å². The summed E-state index contributed by atoms with van der Waals surface area (Å²) in [6.45, 7) is 15.2. The zero-order chi connectivity index (χ0) is 15.0. The summed E-state index contributed by atoms with van der Waals surface area (Å²) in [5, 5.41) is 0. The average molecular weight is 280 g/mol. The molecule has 0 atom stereocenters. The Hall–Kier alpha value is -1.20. The smallest absolute Gasteiger partial charge is 0.221 e. The number of aliphatic imine (C=N–C) groups is 2. The maximum atomic E-state index is 5.35. The van der Waals surface area contributed by atoms with Crippen molar-refractivity contribution in [2.75, 3.05) is 46.6 Å². The molecule has 1 heterocycles. The molecule has 1 fully saturated rings. The zero-order valence-electron chi connectivity index (χ0n) is 13.3. The molecule has 0 spiro atoms. The number of hydrogen-bond acceptors (Lipinski definition) is 3. The minimum absolute atomic E-state index is 0.577. The minimum Gasteiger partial charge on any atom is -0.379 e. The van der Waals surface area contributed by atoms with Crippen LogP contribution in [0.2, 0.25) is 0 Å². The Balaban J connectivity index is 2.71. The molecule has 1 aliphatic rings. The van der Waals surface area contributed by atoms with Gasteiger partial charge in [-0.1, -0.05) is 20.4 Å². The first-order chi connectivity index (χ1) is 9.52. The number of allylic oxidation sites excluding steroid dienone is 1. The molecule has 0 saturated carbocycles. The highest BCUT2D eigenvalue weighted by Crippen LogP contribution is 2.02. The number of ether oxygens (including phenoxy) is 1. The highest BCUT2D eigenvalue weighted by Gasteiger charge is 2.11. The van der Waals surface area contributed by atoms with Gasteiger partial charge < -0.3 is 9.64 Å². The van der Waals surface area contributed by atoms with E-state index in [1.165, 1.54) is 0 Å². The third-order valence-electron chi connectivity index (χ3n) is 3.07. The summed E-state index contributed by atoms with van der Waals surface area (Å²) in [6, 6.07) is 0. The van der Waals surface area contributed by atoms with E-state index in [4.69, 9.17) is 4.74 Å². The van der Waals surface area contributed by atoms with E-state index >= 15 is 0 Å². The van der Waals surface area contributed by atoms with Gasteiger partial charge in [0, 0.05) is 32.4 Å². The zero-order valence-corrected chi connectivity index (χ0v) is 13.3. The SMILES string of the molecule is C=C/C(C)=N\C(=N/CN1CCOCC1)N(C)CC(C)C. The van der Waals surface area contributed by atoms with Crippen LogP contribution in [0.1, 0.15) is 20.8 Å². The van der Waals surface area contributed by atoms with E-state index in [2.05, 4.69) is 40.2 Å². The van der Waals surface area contributed by atoms with Crippen LogP contribution in [0.4, 0.5) is 0 Å². The molecule has 1 aliphatic heterocycles. The summed E-state index contributed by atoms with van der Waals surface area (Å²) in [5.41, 5.74) is 0.890. The molecule has 5 nitrogen and oxygen atoms in total. The van der Waals surface area contributed by atoms with Gasteiger partial charge in [0.15, 0.2) is 0 Å². The van der Waals surface area contributed by atoms with Gasteiger partial charge in [-0.25, -0.2) is 9.98 Å². The topological polar surface area (TPSA) is 40.4 Å². The maximum Gasteiger partial charge on any atom is 0.221 e. The van der Waals surface area contributed by atoms with E-state index in [0.717, 1.165) is 44.5 Å². The number of guanidine groups is 1. The van der Waals surface area contributed by atoms with E-state index in [0.29, 0.717) is 12.6 Å². The summed E-state index contributed by atoms with van der Waals surface area (Å²) < 4.78 is 5.35. The van der Waals surface area contributed by atoms with Crippen molar-refractivity contribution in [3.63, 3.8) is 0 Å². The van der Waals surface area contributed by atoms with E-state index < -0.39 is 0 Å². The van der Waals surface area contributed by atoms with Gasteiger partial charge in [-0.3, -0.25) is 4.90 Å². The van der Waals surface area contributed by atoms with Crippen LogP contribution >= 0.6 is 0 Å². The molecule has 1 rings (SSSR count). The second kappa shape index (κ2) is 8.87. The first-order valence-electron chi connectivity index (χ1n) is 7.26. The fraction of sp³-hybridized carbons (Fsp3) is 0.733. The van der Waals surface area contributed by atoms with Gasteiger partial charge in [0.2, 0.25) is 5.96 Å². The Bertz CT molecular complexity index is 357. The molecule has 20 heavy (non-hydrogen) atoms. The molecule has 0 unspecified atom stereocenters. The fourth-order valence-electron chi connectivity index (χ4n) is 1.98. The van der Waals surface area contributed by atoms with Crippen molar-refractivity contribution in [2.45, 2.75) is 20.8 Å². The predicted molar refractivity (Wildman–Crippen MR) is 85.5 cm³/mol. The molecule has 0 aromatic rings. The van der Waals surface area contributed by atoms with Crippen LogP contribution in [0.5, 0.6) is 0 Å². The van der Waals surface area contributed by atoms with Gasteiger partial charge in [0.25, 0.3) is 0 Å². The number of rotatable bonds is 5. The summed E-state index contributed by atoms with van der Waals surface area (Å²) in [5.74, 6) is 1.36. The van der Waals surface area contributed by atoms with Crippen molar-refractivity contribution < 1.29 is 4.74 Å². The average Bonchev–Trinajstić information content (AvgIpc) is 2.43. The van der Waals surface area contributed by atoms with Gasteiger partial charge in [0.05, 0.1) is 19.9 Å². The van der Waals surface area contributed by atoms with Gasteiger partial charge >= 0.3 is 0 Å². The third kappa shape index (κ3) is 6.30. The van der Waals surface area contributed by atoms with Crippen LogP contribution in [-0.2, 0) is 4.74 Å². The molecule has 0 N–H and O–H groups in total. The lowest BCUT2D eigenvalue weighted by Gasteiger charge is -2.26. The van der Waals surface area contributed by atoms with Crippen molar-refractivity contribution in [3.05, 3.63) is 12.7 Å². The highest BCUT2D eigenvalue weighted by atomic mass is 16.5. The lowest BCUT2D eigenvalue weighted by Crippen LogP contribution is -2.37. The van der Waals surface area contributed by atoms with Crippen LogP contribution in [0.15, 0.2) is 22.6 Å². The first-order valence-corrected chi connectivity index (χ1v) is 7.26. The van der Waals surface area contributed by atoms with E-state index in [1.54, 1.807) is 6.08 Å². The summed E-state index contributed by atoms with van der Waals surface area (Å²) in [7, 11) is 2.04. The summed E-state index contributed by atoms with van der Waals surface area (Å²) in [6.07, 6.45) is 1.76. The monoisotopic (exact) mass is 280 g/mol. The van der Waals surface area contributed by atoms with Gasteiger partial charge in [-0.2, -0.15) is 0 Å². The van der Waals surface area contributed by atoms with Gasteiger partial charge in [0.1, 0.15) is 0 Å². The Kier molecular flexibility index (Phi) is 7.47. The number of hydrogen-bond donors (Lipinski definition) is 0. The molecule has 114 valence electrons. The molecule has 0 aromatic carbocycles. The van der Waals surface area contributed by atoms with E-state index in [1.807, 2.05) is 14.0 Å². The van der Waals surface area contributed by atoms with Gasteiger partial charge in [-0.05, 0) is 18.9 Å². The summed E-state index contributed by atoms with van der Waals surface area (Å²) >= 11 is 0. The first kappa shape index (κ1) is 16.9. The molecule has 0 aromatic heterocycles. The minimum atomic E-state index is 0.577. The van der Waals surface area contributed by atoms with Crippen molar-refractivity contribution in [1.82, 2.24) is 9.80 Å². The molecule has 5 heteroatoms. The van der Waals surface area contributed by atoms with Crippen LogP contribution < -0.4 is 0 Å². The van der Waals surface area contributed by atoms with Crippen molar-refractivity contribution in [2.24, 2.45) is 15.9 Å². The van der Waals surface area contributed by atoms with Crippen LogP contribution in [0.25, 0.3) is 0 Å². The fourth-order valence-corrected chi connectivity index (χ4v) is 1.98. The standard InChI is InChI=1S/C15H28N4O/c1-6-14(4)17-15(18(5)11-13(2)3)16-12-19-7-9-20-10-8-19/h6,13H,1,7-12H2,2-5H3/b16-15+,17-14-. The quantitative estimate of drug-likeness (QED) is 0.570. The molecular formula is C15H28N4O. The molecule has 0 amide bonds. The van der Waals surface area contributed by atoms with E-state index in [9.17, 15) is 0 Å². The third-order valence-corrected chi connectivity index (χ3v) is 3.07. The number of nitrogens with zero attached hydrogens (tertiary/aromatic N) is 4. The molecular weight excluding hydrogens is 252 g/mol. The second-order valence-electron chi connectivity index (χ2n) is 5.56. The lowest BCUT2D eigenvalue weighted by molar-refractivity contribution is 0.0393. The largest absolute Gasteiger partial charge is 0.379 e. The Morgan fingerprint density at radius 2 is 2.05 bits per heavy atom. The number of morpholine rings is 1. The van der Waals surface area contributed by atoms with Crippen LogP contribution in [0.3, 0.4) is 0 Å². The molecule has 0 aliphatic carbocycles. The lowest BCUT2D eigenvalue weighted by atomic mass is 10.2. The normalized spacial score (nSPS) is 18.4. The Labute approximate surface area is 123 Å². The maximum absolute atomic E-state index is 5.35. The molecule has 1 saturated heterocycles. The van der Waals surface area contributed by atoms with Crippen LogP contribution in [-0.4, -0.2) is 68.0 Å². The van der Waals surface area contributed by atoms with Crippen molar-refractivity contribution >= 4 is 11.7 Å². The van der Waals surface area contributed by atoms with Crippen LogP contribution in [0, 0.1) is 5.92 Å². The Morgan fingerprint density at radius 1 is 1.40 bits per heavy atom. The van der Waals surface area contributed by atoms with Gasteiger partial charge in [-0.15, -0.1) is 0 Å². The Morgan fingerprint density at radius 3 is 2.60 bits per heavy atom. The highest BCUT2D eigenvalue weighted by molar-refractivity contribution is 6.01. The molecule has 0 bridgehead atoms. The van der Waals surface area contributed by atoms with Crippen molar-refractivity contribution in [3.8, 4) is 0 Å². The summed E-state index contributed by atoms with van der Waals surface area (Å²) in [4.78, 5) is 13.6.